The molecule has 3 rings (SSSR count). The zero-order chi connectivity index (χ0) is 26.7. The van der Waals surface area contributed by atoms with Crippen LogP contribution in [0.3, 0.4) is 0 Å². The Kier molecular flexibility index (Phi) is 7.80. The number of carbonyl (C=O) groups is 2. The Morgan fingerprint density at radius 1 is 1.22 bits per heavy atom. The molecule has 196 valence electrons. The van der Waals surface area contributed by atoms with Crippen molar-refractivity contribution in [3.8, 4) is 5.75 Å². The number of amides is 1. The van der Waals surface area contributed by atoms with Gasteiger partial charge in [-0.3, -0.25) is 0 Å². The quantitative estimate of drug-likeness (QED) is 0.388. The van der Waals surface area contributed by atoms with E-state index >= 15 is 0 Å². The molecule has 1 saturated carbocycles. The van der Waals surface area contributed by atoms with Crippen LogP contribution >= 0.6 is 0 Å². The average molecular weight is 512 g/mol. The third kappa shape index (κ3) is 7.62. The van der Waals surface area contributed by atoms with Gasteiger partial charge in [0, 0.05) is 18.7 Å². The molecule has 1 atom stereocenters. The Hall–Kier alpha value is -3.77. The second-order valence-electron chi connectivity index (χ2n) is 9.27. The van der Waals surface area contributed by atoms with Crippen molar-refractivity contribution in [3.63, 3.8) is 0 Å². The molecule has 2 aromatic rings. The molecule has 4 N–H and O–H groups in total. The van der Waals surface area contributed by atoms with E-state index in [2.05, 4.69) is 25.9 Å². The van der Waals surface area contributed by atoms with Crippen LogP contribution in [0.15, 0.2) is 24.4 Å². The van der Waals surface area contributed by atoms with Crippen LogP contribution in [0.2, 0.25) is 0 Å². The van der Waals surface area contributed by atoms with E-state index < -0.39 is 35.4 Å². The van der Waals surface area contributed by atoms with Gasteiger partial charge < -0.3 is 30.5 Å². The van der Waals surface area contributed by atoms with Gasteiger partial charge in [-0.25, -0.2) is 14.6 Å². The first kappa shape index (κ1) is 26.8. The van der Waals surface area contributed by atoms with Gasteiger partial charge >= 0.3 is 18.2 Å². The third-order valence-corrected chi connectivity index (χ3v) is 4.95. The Balaban J connectivity index is 1.77. The first-order valence-electron chi connectivity index (χ1n) is 11.1. The van der Waals surface area contributed by atoms with Crippen LogP contribution in [0, 0.1) is 0 Å². The van der Waals surface area contributed by atoms with Crippen molar-refractivity contribution in [2.75, 3.05) is 17.7 Å². The predicted molar refractivity (Wildman–Crippen MR) is 124 cm³/mol. The number of hydrogen-bond acceptors (Lipinski definition) is 8. The number of benzene rings is 1. The van der Waals surface area contributed by atoms with E-state index in [9.17, 15) is 27.9 Å². The van der Waals surface area contributed by atoms with Gasteiger partial charge in [0.1, 0.15) is 28.8 Å². The van der Waals surface area contributed by atoms with Gasteiger partial charge in [-0.15, -0.1) is 0 Å². The highest BCUT2D eigenvalue weighted by Crippen LogP contribution is 2.37. The summed E-state index contributed by atoms with van der Waals surface area (Å²) in [6.07, 6.45) is -3.31. The van der Waals surface area contributed by atoms with Crippen LogP contribution in [-0.2, 0) is 22.1 Å². The van der Waals surface area contributed by atoms with Gasteiger partial charge in [0.05, 0.1) is 12.8 Å². The number of carboxylic acids is 1. The number of anilines is 3. The summed E-state index contributed by atoms with van der Waals surface area (Å²) >= 11 is 0. The number of ether oxygens (including phenoxy) is 2. The third-order valence-electron chi connectivity index (χ3n) is 4.95. The SMILES string of the molecule is COc1cc(C[C@H](NC(=O)OC(C)(C)C)C(=O)O)ccc1Nc1ncc(C(F)(F)F)c(NC2CC2)n1. The van der Waals surface area contributed by atoms with Crippen molar-refractivity contribution in [1.29, 1.82) is 0 Å². The number of carbonyl (C=O) groups excluding carboxylic acids is 1. The largest absolute Gasteiger partial charge is 0.495 e. The number of aliphatic carboxylic acids is 1. The number of halogens is 3. The van der Waals surface area contributed by atoms with Crippen LogP contribution < -0.4 is 20.7 Å². The monoisotopic (exact) mass is 511 g/mol. The molecule has 0 aliphatic heterocycles. The molecule has 1 heterocycles. The summed E-state index contributed by atoms with van der Waals surface area (Å²) < 4.78 is 50.4. The van der Waals surface area contributed by atoms with Crippen LogP contribution in [0.4, 0.5) is 35.4 Å². The molecule has 13 heteroatoms. The fraction of sp³-hybridized carbons (Fsp3) is 0.478. The molecule has 1 aromatic carbocycles. The predicted octanol–water partition coefficient (Wildman–Crippen LogP) is 4.34. The van der Waals surface area contributed by atoms with Crippen LogP contribution in [0.1, 0.15) is 44.7 Å². The van der Waals surface area contributed by atoms with Gasteiger partial charge in [0.25, 0.3) is 0 Å². The molecule has 1 aliphatic carbocycles. The van der Waals surface area contributed by atoms with E-state index in [1.54, 1.807) is 39.0 Å². The van der Waals surface area contributed by atoms with E-state index in [-0.39, 0.29) is 30.0 Å². The Morgan fingerprint density at radius 3 is 2.47 bits per heavy atom. The minimum Gasteiger partial charge on any atom is -0.495 e. The molecule has 1 aliphatic rings. The van der Waals surface area contributed by atoms with Crippen molar-refractivity contribution >= 4 is 29.5 Å². The molecular formula is C23H28F3N5O5. The second kappa shape index (κ2) is 10.5. The number of hydrogen-bond donors (Lipinski definition) is 4. The molecule has 1 fully saturated rings. The molecule has 0 spiro atoms. The lowest BCUT2D eigenvalue weighted by molar-refractivity contribution is -0.139. The number of alkyl halides is 3. The number of alkyl carbamates (subject to hydrolysis) is 1. The maximum absolute atomic E-state index is 13.3. The van der Waals surface area contributed by atoms with Gasteiger partial charge in [0.2, 0.25) is 5.95 Å². The first-order valence-corrected chi connectivity index (χ1v) is 11.1. The number of nitrogens with zero attached hydrogens (tertiary/aromatic N) is 2. The second-order valence-corrected chi connectivity index (χ2v) is 9.27. The highest BCUT2D eigenvalue weighted by Gasteiger charge is 2.37. The summed E-state index contributed by atoms with van der Waals surface area (Å²) in [5.41, 5.74) is -0.881. The van der Waals surface area contributed by atoms with Crippen LogP contribution in [0.25, 0.3) is 0 Å². The summed E-state index contributed by atoms with van der Waals surface area (Å²) in [5.74, 6) is -1.37. The molecule has 0 unspecified atom stereocenters. The lowest BCUT2D eigenvalue weighted by atomic mass is 10.0. The van der Waals surface area contributed by atoms with Gasteiger partial charge in [0.15, 0.2) is 0 Å². The summed E-state index contributed by atoms with van der Waals surface area (Å²) in [5, 5.41) is 17.4. The fourth-order valence-electron chi connectivity index (χ4n) is 3.15. The molecular weight excluding hydrogens is 483 g/mol. The van der Waals surface area contributed by atoms with Crippen molar-refractivity contribution in [2.24, 2.45) is 0 Å². The lowest BCUT2D eigenvalue weighted by Crippen LogP contribution is -2.44. The summed E-state index contributed by atoms with van der Waals surface area (Å²) in [7, 11) is 1.38. The number of carboxylic acid groups (broad SMARTS) is 1. The van der Waals surface area contributed by atoms with Crippen molar-refractivity contribution in [2.45, 2.75) is 63.9 Å². The van der Waals surface area contributed by atoms with E-state index in [1.165, 1.54) is 7.11 Å². The number of rotatable bonds is 9. The maximum Gasteiger partial charge on any atom is 0.421 e. The Morgan fingerprint density at radius 2 is 1.92 bits per heavy atom. The first-order chi connectivity index (χ1) is 16.7. The van der Waals surface area contributed by atoms with Crippen LogP contribution in [0.5, 0.6) is 5.75 Å². The zero-order valence-electron chi connectivity index (χ0n) is 20.2. The van der Waals surface area contributed by atoms with Crippen molar-refractivity contribution in [3.05, 3.63) is 35.5 Å². The van der Waals surface area contributed by atoms with Crippen molar-refractivity contribution in [1.82, 2.24) is 15.3 Å². The van der Waals surface area contributed by atoms with E-state index in [1.807, 2.05) is 0 Å². The molecule has 0 radical (unpaired) electrons. The standard InChI is InChI=1S/C23H28F3N5O5/c1-22(2,3)36-21(34)30-16(19(32)33)9-12-5-8-15(17(10-12)35-4)29-20-27-11-14(23(24,25)26)18(31-20)28-13-6-7-13/h5,8,10-11,13,16H,6-7,9H2,1-4H3,(H,30,34)(H,32,33)(H2,27,28,29,31)/t16-/m0/s1. The van der Waals surface area contributed by atoms with Gasteiger partial charge in [-0.1, -0.05) is 6.07 Å². The summed E-state index contributed by atoms with van der Waals surface area (Å²) in [6.45, 7) is 4.97. The fourth-order valence-corrected chi connectivity index (χ4v) is 3.15. The molecule has 0 bridgehead atoms. The highest BCUT2D eigenvalue weighted by atomic mass is 19.4. The summed E-state index contributed by atoms with van der Waals surface area (Å²) in [6, 6.07) is 3.36. The smallest absolute Gasteiger partial charge is 0.421 e. The molecule has 1 amide bonds. The Bertz CT molecular complexity index is 1120. The molecule has 36 heavy (non-hydrogen) atoms. The molecule has 10 nitrogen and oxygen atoms in total. The maximum atomic E-state index is 13.3. The number of nitrogens with one attached hydrogen (secondary N) is 3. The van der Waals surface area contributed by atoms with E-state index in [0.717, 1.165) is 12.8 Å². The van der Waals surface area contributed by atoms with Gasteiger partial charge in [-0.05, 0) is 51.3 Å². The molecule has 0 saturated heterocycles. The zero-order valence-corrected chi connectivity index (χ0v) is 20.2. The van der Waals surface area contributed by atoms with Gasteiger partial charge in [-0.2, -0.15) is 18.2 Å². The van der Waals surface area contributed by atoms with Crippen molar-refractivity contribution < 1.29 is 37.3 Å². The minimum absolute atomic E-state index is 0.0564. The van der Waals surface area contributed by atoms with E-state index in [4.69, 9.17) is 9.47 Å². The summed E-state index contributed by atoms with van der Waals surface area (Å²) in [4.78, 5) is 31.5. The minimum atomic E-state index is -4.61. The normalized spacial score (nSPS) is 14.5. The van der Waals surface area contributed by atoms with Crippen LogP contribution in [-0.4, -0.2) is 51.9 Å². The average Bonchev–Trinajstić information content (AvgIpc) is 3.56. The highest BCUT2D eigenvalue weighted by molar-refractivity contribution is 5.80. The molecule has 1 aromatic heterocycles. The van der Waals surface area contributed by atoms with E-state index in [0.29, 0.717) is 17.4 Å². The number of aromatic nitrogens is 2. The Labute approximate surface area is 205 Å². The number of methoxy groups -OCH3 is 1. The topological polar surface area (TPSA) is 135 Å². The lowest BCUT2D eigenvalue weighted by Gasteiger charge is -2.22.